The summed E-state index contributed by atoms with van der Waals surface area (Å²) in [4.78, 5) is 34.0. The van der Waals surface area contributed by atoms with Gasteiger partial charge in [-0.2, -0.15) is 10.2 Å². The number of benzene rings is 2. The number of aromatic nitrogens is 4. The molecule has 2 aliphatic carbocycles. The Kier molecular flexibility index (Phi) is 8.30. The highest BCUT2D eigenvalue weighted by molar-refractivity contribution is 5.92. The Balaban J connectivity index is 1.23. The number of rotatable bonds is 10. The van der Waals surface area contributed by atoms with Gasteiger partial charge in [0.25, 0.3) is 0 Å². The van der Waals surface area contributed by atoms with Crippen LogP contribution in [-0.2, 0) is 16.0 Å². The average Bonchev–Trinajstić information content (AvgIpc) is 2.95. The molecule has 2 aromatic heterocycles. The maximum absolute atomic E-state index is 12.6. The molecule has 2 N–H and O–H groups in total. The number of carbonyl (C=O) groups is 2. The molecule has 0 spiro atoms. The van der Waals surface area contributed by atoms with Gasteiger partial charge in [0.2, 0.25) is 11.8 Å². The molecule has 4 aromatic rings. The minimum Gasteiger partial charge on any atom is -0.326 e. The van der Waals surface area contributed by atoms with E-state index in [1.807, 2.05) is 49.4 Å². The molecule has 2 aromatic carbocycles. The van der Waals surface area contributed by atoms with Crippen LogP contribution in [0.4, 0.5) is 11.4 Å². The number of anilines is 2. The van der Waals surface area contributed by atoms with Gasteiger partial charge in [0.1, 0.15) is 0 Å². The molecule has 0 saturated heterocycles. The van der Waals surface area contributed by atoms with E-state index in [1.165, 1.54) is 12.8 Å². The Morgan fingerprint density at radius 3 is 2.07 bits per heavy atom. The molecular weight excluding hydrogens is 524 g/mol. The van der Waals surface area contributed by atoms with Gasteiger partial charge >= 0.3 is 0 Å². The molecule has 2 heterocycles. The zero-order valence-corrected chi connectivity index (χ0v) is 24.0. The number of nitrogens with zero attached hydrogens (tertiary/aromatic N) is 4. The van der Waals surface area contributed by atoms with Gasteiger partial charge in [-0.3, -0.25) is 19.6 Å². The summed E-state index contributed by atoms with van der Waals surface area (Å²) >= 11 is 0. The monoisotopic (exact) mass is 560 g/mol. The van der Waals surface area contributed by atoms with Gasteiger partial charge in [0.05, 0.1) is 23.8 Å². The standard InChI is InChI=1S/C34H36N6O2/c1-22-8-10-27(38-33(41)16-23-4-2-5-23)18-29(22)31-15-25(20-37-40-31)14-26-9-11-28(39-34(42)17-24-6-3-7-24)19-30(26)32-21-35-12-13-36-32/h8-13,15,18-21,23-24H,2-7,14,16-17H2,1H3,(H,38,41)(H,39,42). The van der Waals surface area contributed by atoms with Gasteiger partial charge in [0.15, 0.2) is 0 Å². The average molecular weight is 561 g/mol. The number of aryl methyl sites for hydroxylation is 1. The molecule has 214 valence electrons. The second kappa shape index (κ2) is 12.6. The smallest absolute Gasteiger partial charge is 0.224 e. The van der Waals surface area contributed by atoms with Crippen LogP contribution < -0.4 is 10.6 Å². The molecule has 2 aliphatic rings. The molecule has 6 rings (SSSR count). The quantitative estimate of drug-likeness (QED) is 0.222. The van der Waals surface area contributed by atoms with E-state index in [9.17, 15) is 9.59 Å². The lowest BCUT2D eigenvalue weighted by molar-refractivity contribution is -0.118. The van der Waals surface area contributed by atoms with E-state index in [-0.39, 0.29) is 11.8 Å². The van der Waals surface area contributed by atoms with Crippen LogP contribution in [0.25, 0.3) is 22.5 Å². The third kappa shape index (κ3) is 6.70. The lowest BCUT2D eigenvalue weighted by Crippen LogP contribution is -2.20. The van der Waals surface area contributed by atoms with Crippen molar-refractivity contribution in [3.63, 3.8) is 0 Å². The highest BCUT2D eigenvalue weighted by Gasteiger charge is 2.22. The van der Waals surface area contributed by atoms with Gasteiger partial charge in [-0.15, -0.1) is 0 Å². The lowest BCUT2D eigenvalue weighted by atomic mass is 9.83. The Morgan fingerprint density at radius 1 is 0.786 bits per heavy atom. The first-order valence-electron chi connectivity index (χ1n) is 14.9. The molecule has 42 heavy (non-hydrogen) atoms. The molecule has 2 amide bonds. The van der Waals surface area contributed by atoms with E-state index in [0.717, 1.165) is 76.3 Å². The Labute approximate surface area is 246 Å². The maximum Gasteiger partial charge on any atom is 0.224 e. The fourth-order valence-corrected chi connectivity index (χ4v) is 5.66. The van der Waals surface area contributed by atoms with Crippen LogP contribution >= 0.6 is 0 Å². The number of carbonyl (C=O) groups excluding carboxylic acids is 2. The summed E-state index contributed by atoms with van der Waals surface area (Å²) < 4.78 is 0. The minimum absolute atomic E-state index is 0.0531. The van der Waals surface area contributed by atoms with Gasteiger partial charge in [-0.1, -0.05) is 25.0 Å². The molecule has 2 saturated carbocycles. The number of hydrogen-bond acceptors (Lipinski definition) is 6. The van der Waals surface area contributed by atoms with Crippen LogP contribution in [0, 0.1) is 18.8 Å². The zero-order chi connectivity index (χ0) is 28.9. The summed E-state index contributed by atoms with van der Waals surface area (Å²) in [5.74, 6) is 1.14. The molecule has 0 unspecified atom stereocenters. The van der Waals surface area contributed by atoms with Crippen LogP contribution in [0.3, 0.4) is 0 Å². The SMILES string of the molecule is Cc1ccc(NC(=O)CC2CCC2)cc1-c1cc(Cc2ccc(NC(=O)CC3CCC3)cc2-c2cnccn2)cnn1. The van der Waals surface area contributed by atoms with E-state index in [1.54, 1.807) is 24.8 Å². The van der Waals surface area contributed by atoms with Crippen molar-refractivity contribution in [3.8, 4) is 22.5 Å². The van der Waals surface area contributed by atoms with E-state index >= 15 is 0 Å². The molecule has 2 fully saturated rings. The molecule has 0 aliphatic heterocycles. The minimum atomic E-state index is 0.0531. The lowest BCUT2D eigenvalue weighted by Gasteiger charge is -2.24. The third-order valence-electron chi connectivity index (χ3n) is 8.53. The van der Waals surface area contributed by atoms with Gasteiger partial charge < -0.3 is 10.6 Å². The molecule has 8 nitrogen and oxygen atoms in total. The Hall–Kier alpha value is -4.46. The summed E-state index contributed by atoms with van der Waals surface area (Å²) in [5.41, 5.74) is 7.95. The molecule has 8 heteroatoms. The van der Waals surface area contributed by atoms with Crippen LogP contribution in [0.15, 0.2) is 67.3 Å². The summed E-state index contributed by atoms with van der Waals surface area (Å²) in [6.07, 6.45) is 15.6. The zero-order valence-electron chi connectivity index (χ0n) is 24.0. The second-order valence-electron chi connectivity index (χ2n) is 11.7. The van der Waals surface area contributed by atoms with Crippen molar-refractivity contribution >= 4 is 23.2 Å². The normalized spacial score (nSPS) is 15.0. The van der Waals surface area contributed by atoms with Crippen molar-refractivity contribution in [2.45, 2.75) is 64.7 Å². The summed E-state index contributed by atoms with van der Waals surface area (Å²) in [6.45, 7) is 2.04. The summed E-state index contributed by atoms with van der Waals surface area (Å²) in [6, 6.07) is 13.9. The fraction of sp³-hybridized carbons (Fsp3) is 0.353. The highest BCUT2D eigenvalue weighted by atomic mass is 16.2. The van der Waals surface area contributed by atoms with Gasteiger partial charge in [-0.05, 0) is 97.9 Å². The maximum atomic E-state index is 12.6. The van der Waals surface area contributed by atoms with Crippen LogP contribution in [0.1, 0.15) is 68.1 Å². The van der Waals surface area contributed by atoms with Crippen molar-refractivity contribution in [3.05, 3.63) is 83.9 Å². The van der Waals surface area contributed by atoms with E-state index in [0.29, 0.717) is 31.1 Å². The van der Waals surface area contributed by atoms with Gasteiger partial charge in [0, 0.05) is 47.7 Å². The highest BCUT2D eigenvalue weighted by Crippen LogP contribution is 2.32. The predicted octanol–water partition coefficient (Wildman–Crippen LogP) is 6.76. The predicted molar refractivity (Wildman–Crippen MR) is 164 cm³/mol. The van der Waals surface area contributed by atoms with Crippen molar-refractivity contribution in [1.82, 2.24) is 20.2 Å². The summed E-state index contributed by atoms with van der Waals surface area (Å²) in [7, 11) is 0. The number of hydrogen-bond donors (Lipinski definition) is 2. The van der Waals surface area contributed by atoms with Crippen LogP contribution in [0.5, 0.6) is 0 Å². The third-order valence-corrected chi connectivity index (χ3v) is 8.53. The molecule has 0 atom stereocenters. The first kappa shape index (κ1) is 27.7. The second-order valence-corrected chi connectivity index (χ2v) is 11.7. The van der Waals surface area contributed by atoms with Crippen molar-refractivity contribution in [2.24, 2.45) is 11.8 Å². The summed E-state index contributed by atoms with van der Waals surface area (Å²) in [5, 5.41) is 14.9. The van der Waals surface area contributed by atoms with Crippen molar-refractivity contribution in [2.75, 3.05) is 10.6 Å². The van der Waals surface area contributed by atoms with Crippen LogP contribution in [0.2, 0.25) is 0 Å². The van der Waals surface area contributed by atoms with Crippen molar-refractivity contribution < 1.29 is 9.59 Å². The first-order valence-corrected chi connectivity index (χ1v) is 14.9. The van der Waals surface area contributed by atoms with Crippen LogP contribution in [-0.4, -0.2) is 32.0 Å². The number of nitrogens with one attached hydrogen (secondary N) is 2. The van der Waals surface area contributed by atoms with E-state index in [4.69, 9.17) is 0 Å². The van der Waals surface area contributed by atoms with Crippen molar-refractivity contribution in [1.29, 1.82) is 0 Å². The Bertz CT molecular complexity index is 1580. The van der Waals surface area contributed by atoms with E-state index < -0.39 is 0 Å². The Morgan fingerprint density at radius 2 is 1.45 bits per heavy atom. The topological polar surface area (TPSA) is 110 Å². The first-order chi connectivity index (χ1) is 20.5. The number of amides is 2. The molecular formula is C34H36N6O2. The van der Waals surface area contributed by atoms with Gasteiger partial charge in [-0.25, -0.2) is 0 Å². The van der Waals surface area contributed by atoms with E-state index in [2.05, 4.69) is 30.8 Å². The fourth-order valence-electron chi connectivity index (χ4n) is 5.66. The molecule has 0 radical (unpaired) electrons. The largest absolute Gasteiger partial charge is 0.326 e. The molecule has 0 bridgehead atoms.